The number of hydrogen-bond acceptors (Lipinski definition) is 5. The number of hydrogen-bond donors (Lipinski definition) is 1. The molecule has 0 aliphatic rings. The van der Waals surface area contributed by atoms with Gasteiger partial charge in [-0.15, -0.1) is 0 Å². The van der Waals surface area contributed by atoms with Crippen molar-refractivity contribution in [2.75, 3.05) is 12.3 Å². The predicted octanol–water partition coefficient (Wildman–Crippen LogP) is 2.15. The highest BCUT2D eigenvalue weighted by atomic mass is 16.5. The number of anilines is 1. The lowest BCUT2D eigenvalue weighted by Gasteiger charge is -2.09. The van der Waals surface area contributed by atoms with Crippen LogP contribution in [0.4, 0.5) is 5.69 Å². The number of ether oxygens (including phenoxy) is 1. The van der Waals surface area contributed by atoms with E-state index in [1.54, 1.807) is 23.9 Å². The van der Waals surface area contributed by atoms with E-state index in [-0.39, 0.29) is 0 Å². The third-order valence-electron chi connectivity index (χ3n) is 2.80. The first-order valence-electron chi connectivity index (χ1n) is 6.51. The summed E-state index contributed by atoms with van der Waals surface area (Å²) in [7, 11) is 0. The van der Waals surface area contributed by atoms with E-state index in [1.165, 1.54) is 6.20 Å². The number of nitrogen functional groups attached to an aromatic ring is 1. The molecule has 2 aromatic heterocycles. The van der Waals surface area contributed by atoms with Crippen LogP contribution in [-0.4, -0.2) is 27.3 Å². The Hall–Kier alpha value is -2.37. The number of esters is 1. The van der Waals surface area contributed by atoms with Crippen LogP contribution in [0.2, 0.25) is 0 Å². The van der Waals surface area contributed by atoms with E-state index < -0.39 is 5.97 Å². The second kappa shape index (κ2) is 5.73. The molecule has 0 aromatic carbocycles. The van der Waals surface area contributed by atoms with Crippen molar-refractivity contribution in [2.24, 2.45) is 0 Å². The van der Waals surface area contributed by atoms with Crippen LogP contribution in [-0.2, 0) is 4.74 Å². The number of nitrogens with zero attached hydrogens (tertiary/aromatic N) is 3. The topological polar surface area (TPSA) is 83.0 Å². The molecule has 20 heavy (non-hydrogen) atoms. The Bertz CT molecular complexity index is 619. The number of nitrogens with two attached hydrogens (primary N) is 1. The Labute approximate surface area is 117 Å². The van der Waals surface area contributed by atoms with Crippen molar-refractivity contribution >= 4 is 11.7 Å². The molecule has 2 aromatic rings. The molecular formula is C14H18N4O2. The van der Waals surface area contributed by atoms with Crippen molar-refractivity contribution < 1.29 is 9.53 Å². The summed E-state index contributed by atoms with van der Waals surface area (Å²) in [4.78, 5) is 16.2. The van der Waals surface area contributed by atoms with Gasteiger partial charge < -0.3 is 10.5 Å². The Morgan fingerprint density at radius 2 is 2.25 bits per heavy atom. The van der Waals surface area contributed by atoms with Gasteiger partial charge in [-0.1, -0.05) is 13.8 Å². The fourth-order valence-electron chi connectivity index (χ4n) is 1.78. The predicted molar refractivity (Wildman–Crippen MR) is 75.8 cm³/mol. The number of pyridine rings is 1. The van der Waals surface area contributed by atoms with Gasteiger partial charge >= 0.3 is 5.97 Å². The van der Waals surface area contributed by atoms with Crippen molar-refractivity contribution in [1.82, 2.24) is 14.8 Å². The maximum Gasteiger partial charge on any atom is 0.342 e. The Morgan fingerprint density at radius 1 is 1.50 bits per heavy atom. The van der Waals surface area contributed by atoms with E-state index in [2.05, 4.69) is 23.9 Å². The Balaban J connectivity index is 2.46. The quantitative estimate of drug-likeness (QED) is 0.864. The number of rotatable bonds is 4. The third-order valence-corrected chi connectivity index (χ3v) is 2.80. The lowest BCUT2D eigenvalue weighted by molar-refractivity contribution is 0.0526. The van der Waals surface area contributed by atoms with Gasteiger partial charge in [-0.2, -0.15) is 5.10 Å². The molecule has 6 heteroatoms. The molecule has 0 fully saturated rings. The summed E-state index contributed by atoms with van der Waals surface area (Å²) in [6.07, 6.45) is 3.27. The van der Waals surface area contributed by atoms with Gasteiger partial charge in [0.25, 0.3) is 0 Å². The molecule has 0 aliphatic heterocycles. The van der Waals surface area contributed by atoms with E-state index in [1.807, 2.05) is 6.07 Å². The van der Waals surface area contributed by atoms with Gasteiger partial charge in [-0.3, -0.25) is 0 Å². The molecule has 6 nitrogen and oxygen atoms in total. The summed E-state index contributed by atoms with van der Waals surface area (Å²) in [5.41, 5.74) is 7.34. The van der Waals surface area contributed by atoms with Crippen LogP contribution < -0.4 is 5.73 Å². The molecule has 106 valence electrons. The third kappa shape index (κ3) is 2.79. The van der Waals surface area contributed by atoms with Crippen molar-refractivity contribution in [2.45, 2.75) is 26.7 Å². The minimum Gasteiger partial charge on any atom is -0.462 e. The zero-order valence-electron chi connectivity index (χ0n) is 11.8. The second-order valence-electron chi connectivity index (χ2n) is 4.70. The lowest BCUT2D eigenvalue weighted by atomic mass is 10.1. The zero-order valence-corrected chi connectivity index (χ0v) is 11.8. The molecule has 0 saturated carbocycles. The van der Waals surface area contributed by atoms with Crippen LogP contribution in [0.25, 0.3) is 5.82 Å². The van der Waals surface area contributed by atoms with Crippen molar-refractivity contribution in [3.63, 3.8) is 0 Å². The molecule has 0 unspecified atom stereocenters. The highest BCUT2D eigenvalue weighted by Gasteiger charge is 2.17. The van der Waals surface area contributed by atoms with Crippen LogP contribution in [0.1, 0.15) is 42.7 Å². The van der Waals surface area contributed by atoms with Crippen LogP contribution in [0.15, 0.2) is 24.5 Å². The van der Waals surface area contributed by atoms with Crippen molar-refractivity contribution in [3.05, 3.63) is 35.8 Å². The number of carbonyl (C=O) groups excluding carboxylic acids is 1. The van der Waals surface area contributed by atoms with E-state index in [0.717, 1.165) is 5.69 Å². The summed E-state index contributed by atoms with van der Waals surface area (Å²) in [6.45, 7) is 6.15. The molecule has 0 radical (unpaired) electrons. The highest BCUT2D eigenvalue weighted by molar-refractivity contribution is 5.93. The normalized spacial score (nSPS) is 10.8. The van der Waals surface area contributed by atoms with Gasteiger partial charge in [0.15, 0.2) is 5.82 Å². The average molecular weight is 274 g/mol. The van der Waals surface area contributed by atoms with E-state index in [4.69, 9.17) is 10.5 Å². The van der Waals surface area contributed by atoms with Gasteiger partial charge in [-0.25, -0.2) is 14.5 Å². The summed E-state index contributed by atoms with van der Waals surface area (Å²) in [5.74, 6) is 0.268. The molecule has 0 saturated heterocycles. The first-order valence-corrected chi connectivity index (χ1v) is 6.51. The molecule has 0 aliphatic carbocycles. The zero-order chi connectivity index (χ0) is 14.7. The molecule has 0 atom stereocenters. The maximum absolute atomic E-state index is 12.0. The molecule has 2 rings (SSSR count). The molecule has 0 amide bonds. The van der Waals surface area contributed by atoms with E-state index >= 15 is 0 Å². The van der Waals surface area contributed by atoms with Gasteiger partial charge in [-0.05, 0) is 25.0 Å². The van der Waals surface area contributed by atoms with E-state index in [0.29, 0.717) is 29.6 Å². The smallest absolute Gasteiger partial charge is 0.342 e. The van der Waals surface area contributed by atoms with Gasteiger partial charge in [0, 0.05) is 6.20 Å². The highest BCUT2D eigenvalue weighted by Crippen LogP contribution is 2.18. The Morgan fingerprint density at radius 3 is 2.85 bits per heavy atom. The number of carbonyl (C=O) groups is 1. The first-order chi connectivity index (χ1) is 9.52. The summed E-state index contributed by atoms with van der Waals surface area (Å²) in [5, 5.41) is 4.42. The minimum atomic E-state index is -0.455. The van der Waals surface area contributed by atoms with Crippen molar-refractivity contribution in [3.8, 4) is 5.82 Å². The Kier molecular flexibility index (Phi) is 4.02. The van der Waals surface area contributed by atoms with Crippen LogP contribution >= 0.6 is 0 Å². The molecule has 2 heterocycles. The van der Waals surface area contributed by atoms with Gasteiger partial charge in [0.05, 0.1) is 24.2 Å². The standard InChI is InChI=1S/C14H18N4O2/c1-4-20-14(19)11-7-10(15)8-16-13(11)18-6-5-12(17-18)9(2)3/h5-9H,4,15H2,1-3H3. The first kappa shape index (κ1) is 14.0. The maximum atomic E-state index is 12.0. The molecule has 2 N–H and O–H groups in total. The molecule has 0 bridgehead atoms. The average Bonchev–Trinajstić information content (AvgIpc) is 2.88. The van der Waals surface area contributed by atoms with Crippen LogP contribution in [0, 0.1) is 0 Å². The van der Waals surface area contributed by atoms with Gasteiger partial charge in [0.2, 0.25) is 0 Å². The van der Waals surface area contributed by atoms with Crippen LogP contribution in [0.5, 0.6) is 0 Å². The molecular weight excluding hydrogens is 256 g/mol. The van der Waals surface area contributed by atoms with E-state index in [9.17, 15) is 4.79 Å². The van der Waals surface area contributed by atoms with Crippen molar-refractivity contribution in [1.29, 1.82) is 0 Å². The molecule has 0 spiro atoms. The van der Waals surface area contributed by atoms with Crippen LogP contribution in [0.3, 0.4) is 0 Å². The fraction of sp³-hybridized carbons (Fsp3) is 0.357. The summed E-state index contributed by atoms with van der Waals surface area (Å²) >= 11 is 0. The monoisotopic (exact) mass is 274 g/mol. The lowest BCUT2D eigenvalue weighted by Crippen LogP contribution is -2.12. The summed E-state index contributed by atoms with van der Waals surface area (Å²) < 4.78 is 6.59. The summed E-state index contributed by atoms with van der Waals surface area (Å²) in [6, 6.07) is 3.45. The minimum absolute atomic E-state index is 0.295. The van der Waals surface area contributed by atoms with Gasteiger partial charge in [0.1, 0.15) is 5.56 Å². The largest absolute Gasteiger partial charge is 0.462 e. The number of aromatic nitrogens is 3. The fourth-order valence-corrected chi connectivity index (χ4v) is 1.78. The SMILES string of the molecule is CCOC(=O)c1cc(N)cnc1-n1ccc(C(C)C)n1. The second-order valence-corrected chi connectivity index (χ2v) is 4.70.